The second-order valence-corrected chi connectivity index (χ2v) is 3.60. The first-order valence-corrected chi connectivity index (χ1v) is 4.83. The molecule has 72 valence electrons. The summed E-state index contributed by atoms with van der Waals surface area (Å²) in [5.41, 5.74) is 13.4. The molecule has 1 unspecified atom stereocenters. The van der Waals surface area contributed by atoms with Crippen molar-refractivity contribution < 1.29 is 0 Å². The molecule has 1 rings (SSSR count). The fourth-order valence-electron chi connectivity index (χ4n) is 1.35. The SMILES string of the molecule is CCCC(N)c1ccc(Cl)cc1N. The van der Waals surface area contributed by atoms with E-state index in [1.807, 2.05) is 12.1 Å². The van der Waals surface area contributed by atoms with E-state index in [4.69, 9.17) is 23.1 Å². The van der Waals surface area contributed by atoms with E-state index in [1.54, 1.807) is 6.07 Å². The van der Waals surface area contributed by atoms with E-state index in [-0.39, 0.29) is 6.04 Å². The van der Waals surface area contributed by atoms with Gasteiger partial charge >= 0.3 is 0 Å². The van der Waals surface area contributed by atoms with Crippen molar-refractivity contribution in [3.8, 4) is 0 Å². The van der Waals surface area contributed by atoms with Crippen LogP contribution in [0, 0.1) is 0 Å². The zero-order valence-electron chi connectivity index (χ0n) is 7.76. The van der Waals surface area contributed by atoms with Gasteiger partial charge in [0, 0.05) is 16.8 Å². The molecule has 0 aliphatic carbocycles. The molecule has 0 aliphatic heterocycles. The zero-order valence-corrected chi connectivity index (χ0v) is 8.51. The van der Waals surface area contributed by atoms with Crippen LogP contribution in [-0.2, 0) is 0 Å². The van der Waals surface area contributed by atoms with Gasteiger partial charge in [-0.15, -0.1) is 0 Å². The molecule has 1 aromatic rings. The van der Waals surface area contributed by atoms with Crippen molar-refractivity contribution in [2.45, 2.75) is 25.8 Å². The summed E-state index contributed by atoms with van der Waals surface area (Å²) in [6.45, 7) is 2.10. The maximum Gasteiger partial charge on any atom is 0.0426 e. The van der Waals surface area contributed by atoms with Gasteiger partial charge in [-0.25, -0.2) is 0 Å². The molecule has 0 fully saturated rings. The number of halogens is 1. The summed E-state index contributed by atoms with van der Waals surface area (Å²) < 4.78 is 0. The summed E-state index contributed by atoms with van der Waals surface area (Å²) in [5, 5.41) is 0.657. The van der Waals surface area contributed by atoms with Gasteiger partial charge in [-0.1, -0.05) is 31.0 Å². The molecule has 0 aliphatic rings. The highest BCUT2D eigenvalue weighted by Crippen LogP contribution is 2.24. The van der Waals surface area contributed by atoms with E-state index >= 15 is 0 Å². The first-order chi connectivity index (χ1) is 6.15. The minimum absolute atomic E-state index is 0.0299. The summed E-state index contributed by atoms with van der Waals surface area (Å²) in [7, 11) is 0. The lowest BCUT2D eigenvalue weighted by Crippen LogP contribution is -2.11. The highest BCUT2D eigenvalue weighted by molar-refractivity contribution is 6.30. The Balaban J connectivity index is 2.88. The molecule has 0 spiro atoms. The molecule has 4 N–H and O–H groups in total. The van der Waals surface area contributed by atoms with Gasteiger partial charge in [0.25, 0.3) is 0 Å². The van der Waals surface area contributed by atoms with Crippen LogP contribution in [-0.4, -0.2) is 0 Å². The predicted octanol–water partition coefficient (Wildman–Crippen LogP) is 2.72. The molecule has 0 bridgehead atoms. The topological polar surface area (TPSA) is 52.0 Å². The lowest BCUT2D eigenvalue weighted by molar-refractivity contribution is 0.640. The minimum Gasteiger partial charge on any atom is -0.398 e. The Hall–Kier alpha value is -0.730. The quantitative estimate of drug-likeness (QED) is 0.734. The highest BCUT2D eigenvalue weighted by Gasteiger charge is 2.08. The van der Waals surface area contributed by atoms with Crippen molar-refractivity contribution in [2.75, 3.05) is 5.73 Å². The summed E-state index contributed by atoms with van der Waals surface area (Å²) >= 11 is 5.78. The molecule has 0 aromatic heterocycles. The molecule has 0 heterocycles. The molecule has 0 saturated heterocycles. The second-order valence-electron chi connectivity index (χ2n) is 3.17. The van der Waals surface area contributed by atoms with Crippen molar-refractivity contribution >= 4 is 17.3 Å². The van der Waals surface area contributed by atoms with E-state index in [9.17, 15) is 0 Å². The van der Waals surface area contributed by atoms with Crippen molar-refractivity contribution in [1.29, 1.82) is 0 Å². The molecule has 1 aromatic carbocycles. The average Bonchev–Trinajstić information content (AvgIpc) is 2.04. The van der Waals surface area contributed by atoms with Crippen LogP contribution >= 0.6 is 11.6 Å². The van der Waals surface area contributed by atoms with Crippen LogP contribution in [0.2, 0.25) is 5.02 Å². The van der Waals surface area contributed by atoms with Gasteiger partial charge in [0.05, 0.1) is 0 Å². The van der Waals surface area contributed by atoms with Crippen LogP contribution in [0.4, 0.5) is 5.69 Å². The number of anilines is 1. The van der Waals surface area contributed by atoms with Crippen LogP contribution in [0.1, 0.15) is 31.4 Å². The standard InChI is InChI=1S/C10H15ClN2/c1-2-3-9(12)8-5-4-7(11)6-10(8)13/h4-6,9H,2-3,12-13H2,1H3. The minimum atomic E-state index is 0.0299. The number of hydrogen-bond acceptors (Lipinski definition) is 2. The molecule has 2 nitrogen and oxygen atoms in total. The molecule has 13 heavy (non-hydrogen) atoms. The van der Waals surface area contributed by atoms with Gasteiger partial charge in [0.15, 0.2) is 0 Å². The molecular formula is C10H15ClN2. The van der Waals surface area contributed by atoms with Crippen LogP contribution < -0.4 is 11.5 Å². The summed E-state index contributed by atoms with van der Waals surface area (Å²) in [4.78, 5) is 0. The van der Waals surface area contributed by atoms with Crippen molar-refractivity contribution in [3.05, 3.63) is 28.8 Å². The van der Waals surface area contributed by atoms with Gasteiger partial charge in [-0.05, 0) is 24.1 Å². The third-order valence-electron chi connectivity index (χ3n) is 2.05. The summed E-state index contributed by atoms with van der Waals surface area (Å²) in [6, 6.07) is 5.50. The van der Waals surface area contributed by atoms with Gasteiger partial charge in [0.1, 0.15) is 0 Å². The number of hydrogen-bond donors (Lipinski definition) is 2. The Morgan fingerprint density at radius 2 is 2.15 bits per heavy atom. The Bertz CT molecular complexity index is 286. The predicted molar refractivity (Wildman–Crippen MR) is 57.7 cm³/mol. The number of nitrogen functional groups attached to an aromatic ring is 1. The van der Waals surface area contributed by atoms with Gasteiger partial charge in [-0.2, -0.15) is 0 Å². The lowest BCUT2D eigenvalue weighted by Gasteiger charge is -2.13. The largest absolute Gasteiger partial charge is 0.398 e. The van der Waals surface area contributed by atoms with Gasteiger partial charge in [-0.3, -0.25) is 0 Å². The average molecular weight is 199 g/mol. The van der Waals surface area contributed by atoms with E-state index in [0.29, 0.717) is 10.7 Å². The van der Waals surface area contributed by atoms with Gasteiger partial charge in [0.2, 0.25) is 0 Å². The number of benzene rings is 1. The fraction of sp³-hybridized carbons (Fsp3) is 0.400. The first-order valence-electron chi connectivity index (χ1n) is 4.45. The van der Waals surface area contributed by atoms with E-state index in [2.05, 4.69) is 6.92 Å². The Morgan fingerprint density at radius 1 is 1.46 bits per heavy atom. The normalized spacial score (nSPS) is 12.8. The van der Waals surface area contributed by atoms with Gasteiger partial charge < -0.3 is 11.5 Å². The monoisotopic (exact) mass is 198 g/mol. The van der Waals surface area contributed by atoms with Crippen LogP contribution in [0.25, 0.3) is 0 Å². The summed E-state index contributed by atoms with van der Waals surface area (Å²) in [5.74, 6) is 0. The van der Waals surface area contributed by atoms with Crippen molar-refractivity contribution in [3.63, 3.8) is 0 Å². The second kappa shape index (κ2) is 4.49. The third-order valence-corrected chi connectivity index (χ3v) is 2.28. The molecule has 1 atom stereocenters. The van der Waals surface area contributed by atoms with Crippen molar-refractivity contribution in [2.24, 2.45) is 5.73 Å². The van der Waals surface area contributed by atoms with Crippen molar-refractivity contribution in [1.82, 2.24) is 0 Å². The third kappa shape index (κ3) is 2.61. The molecular weight excluding hydrogens is 184 g/mol. The van der Waals surface area contributed by atoms with E-state index in [0.717, 1.165) is 18.4 Å². The van der Waals surface area contributed by atoms with Crippen LogP contribution in [0.5, 0.6) is 0 Å². The fourth-order valence-corrected chi connectivity index (χ4v) is 1.53. The Labute approximate surface area is 83.9 Å². The molecule has 0 radical (unpaired) electrons. The Kier molecular flexibility index (Phi) is 3.58. The highest BCUT2D eigenvalue weighted by atomic mass is 35.5. The van der Waals surface area contributed by atoms with Crippen LogP contribution in [0.3, 0.4) is 0 Å². The van der Waals surface area contributed by atoms with E-state index in [1.165, 1.54) is 0 Å². The first kappa shape index (κ1) is 10.4. The molecule has 3 heteroatoms. The molecule has 0 saturated carbocycles. The number of nitrogens with two attached hydrogens (primary N) is 2. The maximum atomic E-state index is 5.93. The van der Waals surface area contributed by atoms with E-state index < -0.39 is 0 Å². The Morgan fingerprint density at radius 3 is 2.69 bits per heavy atom. The smallest absolute Gasteiger partial charge is 0.0426 e. The summed E-state index contributed by atoms with van der Waals surface area (Å²) in [6.07, 6.45) is 2.01. The lowest BCUT2D eigenvalue weighted by atomic mass is 10.0. The molecule has 0 amide bonds. The maximum absolute atomic E-state index is 5.93. The number of rotatable bonds is 3. The zero-order chi connectivity index (χ0) is 9.84. The van der Waals surface area contributed by atoms with Crippen LogP contribution in [0.15, 0.2) is 18.2 Å².